The Balaban J connectivity index is 2.19. The van der Waals surface area contributed by atoms with E-state index in [1.165, 1.54) is 5.56 Å². The molecule has 1 aromatic rings. The lowest BCUT2D eigenvalue weighted by molar-refractivity contribution is -0.117. The van der Waals surface area contributed by atoms with Gasteiger partial charge in [-0.15, -0.1) is 0 Å². The zero-order valence-corrected chi connectivity index (χ0v) is 12.0. The maximum atomic E-state index is 12.3. The van der Waals surface area contributed by atoms with Crippen molar-refractivity contribution in [2.75, 3.05) is 0 Å². The Hall–Kier alpha value is -0.960. The second-order valence-electron chi connectivity index (χ2n) is 5.92. The van der Waals surface area contributed by atoms with Crippen molar-refractivity contribution in [2.45, 2.75) is 55.6 Å². The van der Waals surface area contributed by atoms with Crippen molar-refractivity contribution in [2.24, 2.45) is 0 Å². The van der Waals surface area contributed by atoms with Crippen LogP contribution in [0.4, 0.5) is 0 Å². The van der Waals surface area contributed by atoms with Crippen LogP contribution in [0.2, 0.25) is 0 Å². The van der Waals surface area contributed by atoms with Crippen LogP contribution < -0.4 is 0 Å². The van der Waals surface area contributed by atoms with E-state index < -0.39 is 10.8 Å². The lowest BCUT2D eigenvalue weighted by Gasteiger charge is -2.19. The molecule has 0 bridgehead atoms. The summed E-state index contributed by atoms with van der Waals surface area (Å²) >= 11 is 0. The fourth-order valence-corrected chi connectivity index (χ4v) is 3.73. The van der Waals surface area contributed by atoms with Crippen LogP contribution in [0.5, 0.6) is 0 Å². The highest BCUT2D eigenvalue weighted by Gasteiger charge is 2.30. The van der Waals surface area contributed by atoms with E-state index in [0.717, 1.165) is 17.7 Å². The summed E-state index contributed by atoms with van der Waals surface area (Å²) in [6, 6.07) is 7.85. The molecule has 1 aliphatic carbocycles. The van der Waals surface area contributed by atoms with E-state index in [9.17, 15) is 9.00 Å². The monoisotopic (exact) mass is 264 g/mol. The Labute approximate surface area is 111 Å². The minimum Gasteiger partial charge on any atom is -0.298 e. The smallest absolute Gasteiger partial charge is 0.148 e. The van der Waals surface area contributed by atoms with Gasteiger partial charge in [0.25, 0.3) is 0 Å². The maximum Gasteiger partial charge on any atom is 0.148 e. The third kappa shape index (κ3) is 2.72. The molecule has 2 rings (SSSR count). The minimum absolute atomic E-state index is 0.100. The summed E-state index contributed by atoms with van der Waals surface area (Å²) in [5.74, 6) is 0.160. The number of hydrogen-bond donors (Lipinski definition) is 0. The quantitative estimate of drug-likeness (QED) is 0.822. The molecule has 0 N–H and O–H groups in total. The molecule has 2 unspecified atom stereocenters. The van der Waals surface area contributed by atoms with Crippen LogP contribution in [0.1, 0.15) is 45.6 Å². The van der Waals surface area contributed by atoms with Gasteiger partial charge in [0, 0.05) is 11.3 Å². The van der Waals surface area contributed by atoms with Crippen molar-refractivity contribution in [3.8, 4) is 0 Å². The maximum absolute atomic E-state index is 12.3. The Morgan fingerprint density at radius 2 is 1.78 bits per heavy atom. The number of carbonyl (C=O) groups is 1. The van der Waals surface area contributed by atoms with Crippen LogP contribution in [-0.4, -0.2) is 15.2 Å². The van der Waals surface area contributed by atoms with Crippen molar-refractivity contribution < 1.29 is 9.00 Å². The number of benzene rings is 1. The first-order chi connectivity index (χ1) is 8.39. The zero-order valence-electron chi connectivity index (χ0n) is 11.2. The van der Waals surface area contributed by atoms with Crippen LogP contribution >= 0.6 is 0 Å². The molecule has 0 aromatic heterocycles. The van der Waals surface area contributed by atoms with Gasteiger partial charge in [-0.3, -0.25) is 9.00 Å². The first-order valence-electron chi connectivity index (χ1n) is 6.43. The van der Waals surface area contributed by atoms with Crippen LogP contribution in [-0.2, 0) is 21.0 Å². The Bertz CT molecular complexity index is 468. The number of ketones is 1. The number of Topliss-reactive ketones (excluding diaryl/α,β-unsaturated/α-hetero) is 1. The lowest BCUT2D eigenvalue weighted by Crippen LogP contribution is -2.20. The molecule has 1 saturated carbocycles. The van der Waals surface area contributed by atoms with Gasteiger partial charge in [0.2, 0.25) is 0 Å². The fourth-order valence-electron chi connectivity index (χ4n) is 2.26. The van der Waals surface area contributed by atoms with Crippen molar-refractivity contribution in [3.05, 3.63) is 29.8 Å². The molecule has 1 fully saturated rings. The second kappa shape index (κ2) is 4.96. The highest BCUT2D eigenvalue weighted by atomic mass is 32.2. The van der Waals surface area contributed by atoms with Gasteiger partial charge in [-0.1, -0.05) is 32.9 Å². The van der Waals surface area contributed by atoms with Crippen molar-refractivity contribution >= 4 is 16.6 Å². The predicted molar refractivity (Wildman–Crippen MR) is 74.2 cm³/mol. The van der Waals surface area contributed by atoms with E-state index in [0.29, 0.717) is 6.42 Å². The Morgan fingerprint density at radius 3 is 2.22 bits per heavy atom. The van der Waals surface area contributed by atoms with Crippen LogP contribution in [0.3, 0.4) is 0 Å². The van der Waals surface area contributed by atoms with Crippen LogP contribution in [0.25, 0.3) is 0 Å². The van der Waals surface area contributed by atoms with E-state index >= 15 is 0 Å². The lowest BCUT2D eigenvalue weighted by atomic mass is 9.87. The van der Waals surface area contributed by atoms with E-state index in [1.54, 1.807) is 0 Å². The summed E-state index contributed by atoms with van der Waals surface area (Å²) in [7, 11) is -1.17. The molecule has 98 valence electrons. The van der Waals surface area contributed by atoms with E-state index in [1.807, 2.05) is 24.3 Å². The average Bonchev–Trinajstić information content (AvgIpc) is 2.73. The molecule has 0 spiro atoms. The standard InChI is InChI=1S/C15H20O2S/c1-15(2,3)11-7-9-12(10-8-11)18(17)14-6-4-5-13(14)16/h7-10,14H,4-6H2,1-3H3. The van der Waals surface area contributed by atoms with Crippen molar-refractivity contribution in [1.29, 1.82) is 0 Å². The zero-order chi connectivity index (χ0) is 13.3. The number of carbonyl (C=O) groups excluding carboxylic acids is 1. The van der Waals surface area contributed by atoms with E-state index in [4.69, 9.17) is 0 Å². The molecule has 18 heavy (non-hydrogen) atoms. The minimum atomic E-state index is -1.17. The molecule has 2 atom stereocenters. The summed E-state index contributed by atoms with van der Waals surface area (Å²) in [5, 5.41) is -0.273. The Kier molecular flexibility index (Phi) is 3.71. The summed E-state index contributed by atoms with van der Waals surface area (Å²) in [5.41, 5.74) is 1.32. The first kappa shape index (κ1) is 13.5. The van der Waals surface area contributed by atoms with Crippen LogP contribution in [0, 0.1) is 0 Å². The number of rotatable bonds is 2. The SMILES string of the molecule is CC(C)(C)c1ccc(S(=O)C2CCCC2=O)cc1. The summed E-state index contributed by atoms with van der Waals surface area (Å²) in [6.45, 7) is 6.46. The molecular weight excluding hydrogens is 244 g/mol. The van der Waals surface area contributed by atoms with Gasteiger partial charge in [-0.25, -0.2) is 0 Å². The molecule has 0 saturated heterocycles. The normalized spacial score (nSPS) is 22.2. The second-order valence-corrected chi connectivity index (χ2v) is 7.55. The summed E-state index contributed by atoms with van der Waals surface area (Å²) < 4.78 is 12.3. The molecule has 0 aliphatic heterocycles. The first-order valence-corrected chi connectivity index (χ1v) is 7.65. The summed E-state index contributed by atoms with van der Waals surface area (Å²) in [4.78, 5) is 12.4. The molecule has 0 radical (unpaired) electrons. The van der Waals surface area contributed by atoms with Gasteiger partial charge in [-0.05, 0) is 36.0 Å². The molecule has 1 aliphatic rings. The largest absolute Gasteiger partial charge is 0.298 e. The van der Waals surface area contributed by atoms with E-state index in [2.05, 4.69) is 20.8 Å². The third-order valence-corrected chi connectivity index (χ3v) is 5.21. The molecule has 2 nitrogen and oxygen atoms in total. The van der Waals surface area contributed by atoms with Crippen molar-refractivity contribution in [3.63, 3.8) is 0 Å². The van der Waals surface area contributed by atoms with Gasteiger partial charge >= 0.3 is 0 Å². The Morgan fingerprint density at radius 1 is 1.17 bits per heavy atom. The average molecular weight is 264 g/mol. The van der Waals surface area contributed by atoms with Gasteiger partial charge in [0.15, 0.2) is 0 Å². The van der Waals surface area contributed by atoms with Gasteiger partial charge < -0.3 is 0 Å². The van der Waals surface area contributed by atoms with Gasteiger partial charge in [0.1, 0.15) is 5.78 Å². The van der Waals surface area contributed by atoms with E-state index in [-0.39, 0.29) is 16.4 Å². The molecule has 3 heteroatoms. The topological polar surface area (TPSA) is 34.1 Å². The van der Waals surface area contributed by atoms with Gasteiger partial charge in [0.05, 0.1) is 16.0 Å². The highest BCUT2D eigenvalue weighted by Crippen LogP contribution is 2.27. The van der Waals surface area contributed by atoms with Crippen molar-refractivity contribution in [1.82, 2.24) is 0 Å². The summed E-state index contributed by atoms with van der Waals surface area (Å²) in [6.07, 6.45) is 2.25. The molecular formula is C15H20O2S. The van der Waals surface area contributed by atoms with Gasteiger partial charge in [-0.2, -0.15) is 0 Å². The van der Waals surface area contributed by atoms with Crippen LogP contribution in [0.15, 0.2) is 29.2 Å². The highest BCUT2D eigenvalue weighted by molar-refractivity contribution is 7.86. The fraction of sp³-hybridized carbons (Fsp3) is 0.533. The molecule has 0 heterocycles. The molecule has 0 amide bonds. The molecule has 1 aromatic carbocycles. The third-order valence-electron chi connectivity index (χ3n) is 3.46. The number of hydrogen-bond acceptors (Lipinski definition) is 2. The predicted octanol–water partition coefficient (Wildman–Crippen LogP) is 3.21.